The monoisotopic (exact) mass is 290 g/mol. The Morgan fingerprint density at radius 3 is 2.33 bits per heavy atom. The van der Waals surface area contributed by atoms with Crippen molar-refractivity contribution in [2.45, 2.75) is 45.4 Å². The van der Waals surface area contributed by atoms with Crippen molar-refractivity contribution in [1.29, 1.82) is 0 Å². The Morgan fingerprint density at radius 1 is 1.19 bits per heavy atom. The van der Waals surface area contributed by atoms with Gasteiger partial charge in [-0.15, -0.1) is 0 Å². The van der Waals surface area contributed by atoms with Crippen molar-refractivity contribution in [3.63, 3.8) is 0 Å². The van der Waals surface area contributed by atoms with E-state index in [9.17, 15) is 4.79 Å². The number of amides is 1. The topological polar surface area (TPSA) is 64.3 Å². The van der Waals surface area contributed by atoms with E-state index in [1.807, 2.05) is 31.2 Å². The molecule has 2 rings (SSSR count). The third kappa shape index (κ3) is 3.97. The molecule has 1 amide bonds. The third-order valence-electron chi connectivity index (χ3n) is 4.36. The molecule has 0 bridgehead atoms. The normalized spacial score (nSPS) is 17.8. The average molecular weight is 290 g/mol. The molecular formula is C17H26N2O2. The first-order chi connectivity index (χ1) is 10.2. The summed E-state index contributed by atoms with van der Waals surface area (Å²) in [7, 11) is 0. The van der Waals surface area contributed by atoms with E-state index in [-0.39, 0.29) is 5.91 Å². The molecule has 4 nitrogen and oxygen atoms in total. The fraction of sp³-hybridized carbons (Fsp3) is 0.588. The van der Waals surface area contributed by atoms with Crippen LogP contribution in [0.2, 0.25) is 0 Å². The van der Waals surface area contributed by atoms with Crippen LogP contribution in [-0.4, -0.2) is 19.1 Å². The molecule has 1 aliphatic carbocycles. The standard InChI is InChI=1S/C17H26N2O2/c1-2-21-15-9-7-14(8-10-15)19-16(20)17(13-18)11-5-3-4-6-12-17/h7-10H,2-6,11-13,18H2,1H3,(H,19,20). The van der Waals surface area contributed by atoms with Crippen molar-refractivity contribution in [3.05, 3.63) is 24.3 Å². The van der Waals surface area contributed by atoms with Crippen molar-refractivity contribution >= 4 is 11.6 Å². The molecule has 0 aliphatic heterocycles. The molecule has 0 aromatic heterocycles. The first kappa shape index (κ1) is 15.8. The minimum atomic E-state index is -0.394. The molecule has 1 fully saturated rings. The van der Waals surface area contributed by atoms with Gasteiger partial charge < -0.3 is 15.8 Å². The number of carbonyl (C=O) groups excluding carboxylic acids is 1. The summed E-state index contributed by atoms with van der Waals surface area (Å²) >= 11 is 0. The van der Waals surface area contributed by atoms with Crippen LogP contribution in [0, 0.1) is 5.41 Å². The quantitative estimate of drug-likeness (QED) is 0.818. The zero-order chi connectivity index (χ0) is 15.1. The molecule has 0 heterocycles. The van der Waals surface area contributed by atoms with Gasteiger partial charge in [-0.25, -0.2) is 0 Å². The number of rotatable bonds is 5. The third-order valence-corrected chi connectivity index (χ3v) is 4.36. The van der Waals surface area contributed by atoms with Crippen molar-refractivity contribution in [2.24, 2.45) is 11.1 Å². The van der Waals surface area contributed by atoms with Gasteiger partial charge in [-0.2, -0.15) is 0 Å². The molecule has 1 aromatic carbocycles. The fourth-order valence-electron chi connectivity index (χ4n) is 2.99. The van der Waals surface area contributed by atoms with Gasteiger partial charge in [-0.05, 0) is 44.0 Å². The van der Waals surface area contributed by atoms with E-state index < -0.39 is 5.41 Å². The minimum absolute atomic E-state index is 0.0658. The lowest BCUT2D eigenvalue weighted by Crippen LogP contribution is -2.42. The summed E-state index contributed by atoms with van der Waals surface area (Å²) in [5.74, 6) is 0.884. The highest BCUT2D eigenvalue weighted by atomic mass is 16.5. The van der Waals surface area contributed by atoms with E-state index in [4.69, 9.17) is 10.5 Å². The number of nitrogens with two attached hydrogens (primary N) is 1. The Hall–Kier alpha value is -1.55. The predicted octanol–water partition coefficient (Wildman–Crippen LogP) is 3.32. The van der Waals surface area contributed by atoms with Crippen LogP contribution in [0.4, 0.5) is 5.69 Å². The van der Waals surface area contributed by atoms with Gasteiger partial charge in [0.05, 0.1) is 12.0 Å². The molecule has 0 saturated heterocycles. The van der Waals surface area contributed by atoms with Gasteiger partial charge in [-0.3, -0.25) is 4.79 Å². The van der Waals surface area contributed by atoms with Crippen LogP contribution in [0.5, 0.6) is 5.75 Å². The Morgan fingerprint density at radius 2 is 1.81 bits per heavy atom. The second-order valence-electron chi connectivity index (χ2n) is 5.81. The summed E-state index contributed by atoms with van der Waals surface area (Å²) in [4.78, 5) is 12.7. The number of nitrogens with one attached hydrogen (secondary N) is 1. The van der Waals surface area contributed by atoms with Gasteiger partial charge in [0.1, 0.15) is 5.75 Å². The second kappa shape index (κ2) is 7.46. The van der Waals surface area contributed by atoms with Gasteiger partial charge in [0.15, 0.2) is 0 Å². The zero-order valence-electron chi connectivity index (χ0n) is 12.9. The van der Waals surface area contributed by atoms with E-state index in [2.05, 4.69) is 5.32 Å². The van der Waals surface area contributed by atoms with Gasteiger partial charge >= 0.3 is 0 Å². The SMILES string of the molecule is CCOc1ccc(NC(=O)C2(CN)CCCCCC2)cc1. The summed E-state index contributed by atoms with van der Waals surface area (Å²) in [6, 6.07) is 7.51. The highest BCUT2D eigenvalue weighted by molar-refractivity contribution is 5.95. The molecule has 3 N–H and O–H groups in total. The van der Waals surface area contributed by atoms with Gasteiger partial charge in [-0.1, -0.05) is 25.7 Å². The van der Waals surface area contributed by atoms with Crippen LogP contribution < -0.4 is 15.8 Å². The maximum atomic E-state index is 12.7. The first-order valence-corrected chi connectivity index (χ1v) is 7.94. The van der Waals surface area contributed by atoms with Crippen molar-refractivity contribution in [2.75, 3.05) is 18.5 Å². The smallest absolute Gasteiger partial charge is 0.231 e. The lowest BCUT2D eigenvalue weighted by molar-refractivity contribution is -0.125. The molecule has 1 aromatic rings. The summed E-state index contributed by atoms with van der Waals surface area (Å²) in [5.41, 5.74) is 6.36. The fourth-order valence-corrected chi connectivity index (χ4v) is 2.99. The van der Waals surface area contributed by atoms with Crippen LogP contribution in [-0.2, 0) is 4.79 Å². The Balaban J connectivity index is 2.04. The van der Waals surface area contributed by atoms with Crippen LogP contribution in [0.1, 0.15) is 45.4 Å². The maximum absolute atomic E-state index is 12.7. The van der Waals surface area contributed by atoms with Crippen molar-refractivity contribution in [3.8, 4) is 5.75 Å². The molecule has 0 unspecified atom stereocenters. The summed E-state index contributed by atoms with van der Waals surface area (Å²) in [6.45, 7) is 3.02. The van der Waals surface area contributed by atoms with E-state index >= 15 is 0 Å². The number of anilines is 1. The predicted molar refractivity (Wildman–Crippen MR) is 85.4 cm³/mol. The first-order valence-electron chi connectivity index (χ1n) is 7.94. The van der Waals surface area contributed by atoms with E-state index in [0.717, 1.165) is 37.1 Å². The van der Waals surface area contributed by atoms with Gasteiger partial charge in [0.25, 0.3) is 0 Å². The molecule has 0 spiro atoms. The Bertz CT molecular complexity index is 448. The molecule has 116 valence electrons. The Kier molecular flexibility index (Phi) is 5.62. The number of benzene rings is 1. The van der Waals surface area contributed by atoms with Crippen LogP contribution in [0.3, 0.4) is 0 Å². The molecule has 1 aliphatic rings. The molecular weight excluding hydrogens is 264 g/mol. The van der Waals surface area contributed by atoms with E-state index in [1.54, 1.807) is 0 Å². The zero-order valence-corrected chi connectivity index (χ0v) is 12.9. The minimum Gasteiger partial charge on any atom is -0.494 e. The lowest BCUT2D eigenvalue weighted by Gasteiger charge is -2.29. The van der Waals surface area contributed by atoms with Crippen LogP contribution >= 0.6 is 0 Å². The maximum Gasteiger partial charge on any atom is 0.231 e. The van der Waals surface area contributed by atoms with Gasteiger partial charge in [0.2, 0.25) is 5.91 Å². The summed E-state index contributed by atoms with van der Waals surface area (Å²) < 4.78 is 5.41. The molecule has 1 saturated carbocycles. The molecule has 0 atom stereocenters. The Labute approximate surface area is 127 Å². The average Bonchev–Trinajstić information content (AvgIpc) is 2.76. The summed E-state index contributed by atoms with van der Waals surface area (Å²) in [6.07, 6.45) is 6.39. The molecule has 21 heavy (non-hydrogen) atoms. The highest BCUT2D eigenvalue weighted by Gasteiger charge is 2.37. The van der Waals surface area contributed by atoms with E-state index in [0.29, 0.717) is 13.2 Å². The number of hydrogen-bond donors (Lipinski definition) is 2. The molecule has 4 heteroatoms. The summed E-state index contributed by atoms with van der Waals surface area (Å²) in [5, 5.41) is 3.03. The largest absolute Gasteiger partial charge is 0.494 e. The van der Waals surface area contributed by atoms with Crippen molar-refractivity contribution < 1.29 is 9.53 Å². The lowest BCUT2D eigenvalue weighted by atomic mass is 9.79. The molecule has 0 radical (unpaired) electrons. The second-order valence-corrected chi connectivity index (χ2v) is 5.81. The van der Waals surface area contributed by atoms with Crippen LogP contribution in [0.25, 0.3) is 0 Å². The highest BCUT2D eigenvalue weighted by Crippen LogP contribution is 2.35. The number of hydrogen-bond acceptors (Lipinski definition) is 3. The van der Waals surface area contributed by atoms with Crippen molar-refractivity contribution in [1.82, 2.24) is 0 Å². The van der Waals surface area contributed by atoms with Crippen LogP contribution in [0.15, 0.2) is 24.3 Å². The van der Waals surface area contributed by atoms with E-state index in [1.165, 1.54) is 12.8 Å². The van der Waals surface area contributed by atoms with Gasteiger partial charge in [0, 0.05) is 12.2 Å². The number of carbonyl (C=O) groups is 1. The number of ether oxygens (including phenoxy) is 1.